The van der Waals surface area contributed by atoms with Crippen LogP contribution in [0.3, 0.4) is 0 Å². The Morgan fingerprint density at radius 3 is 2.70 bits per heavy atom. The molecule has 0 spiro atoms. The molecule has 2 aliphatic rings. The van der Waals surface area contributed by atoms with Gasteiger partial charge in [-0.25, -0.2) is 4.79 Å². The molecule has 3 rings (SSSR count). The van der Waals surface area contributed by atoms with E-state index in [9.17, 15) is 14.9 Å². The minimum Gasteiger partial charge on any atom is -0.478 e. The van der Waals surface area contributed by atoms with Crippen molar-refractivity contribution in [2.75, 3.05) is 5.32 Å². The molecule has 2 N–H and O–H groups in total. The average molecular weight is 276 g/mol. The Balaban J connectivity index is 1.85. The quantitative estimate of drug-likeness (QED) is 0.651. The maximum atomic E-state index is 11.1. The molecule has 2 saturated carbocycles. The number of aromatic carboxylic acids is 1. The Morgan fingerprint density at radius 2 is 2.15 bits per heavy atom. The van der Waals surface area contributed by atoms with Gasteiger partial charge in [0.15, 0.2) is 0 Å². The molecule has 0 saturated heterocycles. The number of hydrogen-bond donors (Lipinski definition) is 2. The molecule has 20 heavy (non-hydrogen) atoms. The first kappa shape index (κ1) is 12.9. The first-order valence-corrected chi connectivity index (χ1v) is 6.83. The van der Waals surface area contributed by atoms with Gasteiger partial charge in [0.05, 0.1) is 10.5 Å². The fraction of sp³-hybridized carbons (Fsp3) is 0.500. The highest BCUT2D eigenvalue weighted by molar-refractivity contribution is 5.89. The van der Waals surface area contributed by atoms with Gasteiger partial charge in [0, 0.05) is 12.1 Å². The van der Waals surface area contributed by atoms with Crippen LogP contribution in [0.5, 0.6) is 0 Å². The van der Waals surface area contributed by atoms with Crippen molar-refractivity contribution in [1.29, 1.82) is 0 Å². The van der Waals surface area contributed by atoms with Crippen molar-refractivity contribution in [2.45, 2.75) is 31.7 Å². The van der Waals surface area contributed by atoms with E-state index in [4.69, 9.17) is 5.11 Å². The molecule has 0 amide bonds. The van der Waals surface area contributed by atoms with Gasteiger partial charge in [-0.15, -0.1) is 0 Å². The standard InChI is InChI=1S/C14H16N2O4/c17-14(18)10-3-4-11(13(7-10)16(19)20)15-12-6-8-1-2-9(12)5-8/h3-4,7-9,12,15H,1-2,5-6H2,(H,17,18). The summed E-state index contributed by atoms with van der Waals surface area (Å²) in [5.74, 6) is 0.188. The number of nitro groups is 1. The summed E-state index contributed by atoms with van der Waals surface area (Å²) in [7, 11) is 0. The number of rotatable bonds is 4. The number of nitrogens with one attached hydrogen (secondary N) is 1. The summed E-state index contributed by atoms with van der Waals surface area (Å²) >= 11 is 0. The third-order valence-corrected chi connectivity index (χ3v) is 4.52. The molecule has 106 valence electrons. The van der Waals surface area contributed by atoms with Crippen LogP contribution in [-0.2, 0) is 0 Å². The Labute approximate surface area is 115 Å². The molecule has 3 atom stereocenters. The summed E-state index contributed by atoms with van der Waals surface area (Å²) in [5, 5.41) is 23.3. The summed E-state index contributed by atoms with van der Waals surface area (Å²) in [6.45, 7) is 0. The van der Waals surface area contributed by atoms with Crippen molar-refractivity contribution < 1.29 is 14.8 Å². The van der Waals surface area contributed by atoms with Crippen LogP contribution in [0.1, 0.15) is 36.0 Å². The van der Waals surface area contributed by atoms with Crippen LogP contribution >= 0.6 is 0 Å². The van der Waals surface area contributed by atoms with Gasteiger partial charge in [-0.2, -0.15) is 0 Å². The average Bonchev–Trinajstić information content (AvgIpc) is 3.01. The fourth-order valence-corrected chi connectivity index (χ4v) is 3.56. The topological polar surface area (TPSA) is 92.5 Å². The molecular weight excluding hydrogens is 260 g/mol. The van der Waals surface area contributed by atoms with E-state index in [1.807, 2.05) is 0 Å². The van der Waals surface area contributed by atoms with Gasteiger partial charge in [0.1, 0.15) is 5.69 Å². The monoisotopic (exact) mass is 276 g/mol. The van der Waals surface area contributed by atoms with Crippen LogP contribution in [0, 0.1) is 22.0 Å². The molecule has 6 nitrogen and oxygen atoms in total. The largest absolute Gasteiger partial charge is 0.478 e. The highest BCUT2D eigenvalue weighted by Crippen LogP contribution is 2.46. The second-order valence-electron chi connectivity index (χ2n) is 5.72. The smallest absolute Gasteiger partial charge is 0.335 e. The predicted octanol–water partition coefficient (Wildman–Crippen LogP) is 2.89. The van der Waals surface area contributed by atoms with E-state index in [0.29, 0.717) is 11.6 Å². The van der Waals surface area contributed by atoms with Gasteiger partial charge >= 0.3 is 5.97 Å². The number of nitro benzene ring substituents is 1. The summed E-state index contributed by atoms with van der Waals surface area (Å²) in [6.07, 6.45) is 4.72. The van der Waals surface area contributed by atoms with Gasteiger partial charge in [-0.05, 0) is 43.2 Å². The lowest BCUT2D eigenvalue weighted by molar-refractivity contribution is -0.384. The molecule has 1 aromatic rings. The zero-order chi connectivity index (χ0) is 14.3. The number of carboxylic acids is 1. The van der Waals surface area contributed by atoms with Crippen LogP contribution in [0.2, 0.25) is 0 Å². The lowest BCUT2D eigenvalue weighted by Crippen LogP contribution is -2.26. The number of hydrogen-bond acceptors (Lipinski definition) is 4. The molecule has 2 fully saturated rings. The van der Waals surface area contributed by atoms with Crippen LogP contribution in [0.4, 0.5) is 11.4 Å². The van der Waals surface area contributed by atoms with Gasteiger partial charge < -0.3 is 10.4 Å². The molecule has 3 unspecified atom stereocenters. The molecule has 1 aromatic carbocycles. The minimum absolute atomic E-state index is 0.0600. The Hall–Kier alpha value is -2.11. The second-order valence-corrected chi connectivity index (χ2v) is 5.72. The zero-order valence-corrected chi connectivity index (χ0v) is 10.9. The maximum absolute atomic E-state index is 11.1. The summed E-state index contributed by atoms with van der Waals surface area (Å²) in [6, 6.07) is 4.32. The van der Waals surface area contributed by atoms with Crippen LogP contribution < -0.4 is 5.32 Å². The molecule has 2 aliphatic carbocycles. The molecule has 0 heterocycles. The maximum Gasteiger partial charge on any atom is 0.335 e. The normalized spacial score (nSPS) is 27.5. The molecular formula is C14H16N2O4. The zero-order valence-electron chi connectivity index (χ0n) is 10.9. The van der Waals surface area contributed by atoms with Gasteiger partial charge in [0.2, 0.25) is 0 Å². The third kappa shape index (κ3) is 2.21. The van der Waals surface area contributed by atoms with Crippen LogP contribution in [-0.4, -0.2) is 22.0 Å². The number of nitrogens with zero attached hydrogens (tertiary/aromatic N) is 1. The van der Waals surface area contributed by atoms with Crippen molar-refractivity contribution in [1.82, 2.24) is 0 Å². The minimum atomic E-state index is -1.15. The first-order chi connectivity index (χ1) is 9.54. The summed E-state index contributed by atoms with van der Waals surface area (Å²) < 4.78 is 0. The fourth-order valence-electron chi connectivity index (χ4n) is 3.56. The molecule has 0 radical (unpaired) electrons. The van der Waals surface area contributed by atoms with Crippen LogP contribution in [0.15, 0.2) is 18.2 Å². The van der Waals surface area contributed by atoms with Crippen molar-refractivity contribution in [3.63, 3.8) is 0 Å². The van der Waals surface area contributed by atoms with E-state index >= 15 is 0 Å². The number of carboxylic acid groups (broad SMARTS) is 1. The molecule has 0 aromatic heterocycles. The number of anilines is 1. The number of fused-ring (bicyclic) bond motifs is 2. The molecule has 6 heteroatoms. The van der Waals surface area contributed by atoms with E-state index in [-0.39, 0.29) is 17.3 Å². The molecule has 2 bridgehead atoms. The second kappa shape index (κ2) is 4.77. The van der Waals surface area contributed by atoms with Crippen molar-refractivity contribution in [2.24, 2.45) is 11.8 Å². The Kier molecular flexibility index (Phi) is 3.08. The predicted molar refractivity (Wildman–Crippen MR) is 72.9 cm³/mol. The van der Waals surface area contributed by atoms with E-state index in [2.05, 4.69) is 5.32 Å². The van der Waals surface area contributed by atoms with Gasteiger partial charge in [-0.1, -0.05) is 6.42 Å². The highest BCUT2D eigenvalue weighted by Gasteiger charge is 2.40. The number of benzene rings is 1. The van der Waals surface area contributed by atoms with Gasteiger partial charge in [-0.3, -0.25) is 10.1 Å². The van der Waals surface area contributed by atoms with Crippen molar-refractivity contribution in [3.8, 4) is 0 Å². The van der Waals surface area contributed by atoms with Crippen molar-refractivity contribution in [3.05, 3.63) is 33.9 Å². The lowest BCUT2D eigenvalue weighted by Gasteiger charge is -2.23. The Bertz CT molecular complexity index is 572. The van der Waals surface area contributed by atoms with E-state index in [0.717, 1.165) is 18.4 Å². The number of carbonyl (C=O) groups is 1. The van der Waals surface area contributed by atoms with Gasteiger partial charge in [0.25, 0.3) is 5.69 Å². The van der Waals surface area contributed by atoms with E-state index in [1.54, 1.807) is 0 Å². The summed E-state index contributed by atoms with van der Waals surface area (Å²) in [5.41, 5.74) is 0.209. The van der Waals surface area contributed by atoms with E-state index < -0.39 is 10.9 Å². The lowest BCUT2D eigenvalue weighted by atomic mass is 9.95. The summed E-state index contributed by atoms with van der Waals surface area (Å²) in [4.78, 5) is 21.5. The molecule has 0 aliphatic heterocycles. The highest BCUT2D eigenvalue weighted by atomic mass is 16.6. The third-order valence-electron chi connectivity index (χ3n) is 4.52. The van der Waals surface area contributed by atoms with E-state index in [1.165, 1.54) is 31.4 Å². The first-order valence-electron chi connectivity index (χ1n) is 6.83. The SMILES string of the molecule is O=C(O)c1ccc(NC2CC3CCC2C3)c([N+](=O)[O-])c1. The van der Waals surface area contributed by atoms with Crippen molar-refractivity contribution >= 4 is 17.3 Å². The van der Waals surface area contributed by atoms with Crippen LogP contribution in [0.25, 0.3) is 0 Å². The Morgan fingerprint density at radius 1 is 1.35 bits per heavy atom.